The van der Waals surface area contributed by atoms with Gasteiger partial charge in [-0.05, 0) is 104 Å². The van der Waals surface area contributed by atoms with Crippen LogP contribution in [0, 0.1) is 39.0 Å². The van der Waals surface area contributed by atoms with Crippen molar-refractivity contribution in [2.24, 2.45) is 5.73 Å². The van der Waals surface area contributed by atoms with Crippen molar-refractivity contribution >= 4 is 34.7 Å². The summed E-state index contributed by atoms with van der Waals surface area (Å²) in [7, 11) is 0. The first-order valence-electron chi connectivity index (χ1n) is 13.3. The number of Topliss-reactive ketones (excluding diaryl/α,β-unsaturated/α-hetero) is 1. The number of carbonyl (C=O) groups is 1. The molecule has 1 heterocycles. The van der Waals surface area contributed by atoms with E-state index in [9.17, 15) is 10.1 Å². The molecule has 2 N–H and O–H groups in total. The van der Waals surface area contributed by atoms with Gasteiger partial charge < -0.3 is 10.5 Å². The predicted molar refractivity (Wildman–Crippen MR) is 161 cm³/mol. The van der Waals surface area contributed by atoms with Crippen LogP contribution in [0.2, 0.25) is 10.0 Å². The van der Waals surface area contributed by atoms with Gasteiger partial charge >= 0.3 is 0 Å². The average Bonchev–Trinajstić information content (AvgIpc) is 2.90. The Morgan fingerprint density at radius 2 is 1.75 bits per heavy atom. The van der Waals surface area contributed by atoms with Gasteiger partial charge in [0.15, 0.2) is 5.78 Å². The summed E-state index contributed by atoms with van der Waals surface area (Å²) in [6, 6.07) is 17.8. The molecular formula is C33H31Cl2N3O2. The number of nitrogens with two attached hydrogens (primary N) is 1. The van der Waals surface area contributed by atoms with E-state index < -0.39 is 5.92 Å². The number of carbonyl (C=O) groups excluding carboxylic acids is 1. The molecule has 0 fully saturated rings. The molecule has 2 aliphatic rings. The van der Waals surface area contributed by atoms with Crippen molar-refractivity contribution in [1.82, 2.24) is 0 Å². The van der Waals surface area contributed by atoms with E-state index in [1.54, 1.807) is 0 Å². The van der Waals surface area contributed by atoms with E-state index in [2.05, 4.69) is 18.2 Å². The van der Waals surface area contributed by atoms with E-state index >= 15 is 0 Å². The highest BCUT2D eigenvalue weighted by molar-refractivity contribution is 6.31. The molecular weight excluding hydrogens is 541 g/mol. The molecule has 204 valence electrons. The molecule has 40 heavy (non-hydrogen) atoms. The van der Waals surface area contributed by atoms with Crippen LogP contribution in [-0.2, 0) is 11.4 Å². The second-order valence-corrected chi connectivity index (χ2v) is 11.4. The number of nitrogens with zero attached hydrogens (tertiary/aromatic N) is 2. The summed E-state index contributed by atoms with van der Waals surface area (Å²) in [5.41, 5.74) is 15.2. The Morgan fingerprint density at radius 1 is 0.975 bits per heavy atom. The standard InChI is InChI=1S/C33H31Cl2N3O2/c1-18-8-10-24(15-27(18)35)38-28-6-5-7-29(39)32(28)31(26(16-36)33(38)37)25-14-22(19(2)12-20(25)3)17-40-30-11-9-23(34)13-21(30)4/h8-15,31H,5-7,17,37H2,1-4H3. The van der Waals surface area contributed by atoms with E-state index in [0.29, 0.717) is 46.5 Å². The molecule has 3 aromatic carbocycles. The summed E-state index contributed by atoms with van der Waals surface area (Å²) in [5.74, 6) is 0.576. The van der Waals surface area contributed by atoms with Gasteiger partial charge in [0.05, 0.1) is 17.6 Å². The molecule has 0 aromatic heterocycles. The molecule has 0 radical (unpaired) electrons. The van der Waals surface area contributed by atoms with E-state index in [1.807, 2.05) is 69.0 Å². The smallest absolute Gasteiger partial charge is 0.161 e. The first kappa shape index (κ1) is 27.8. The minimum absolute atomic E-state index is 0.0456. The number of anilines is 1. The Hall–Kier alpha value is -3.72. The Kier molecular flexibility index (Phi) is 7.68. The van der Waals surface area contributed by atoms with Crippen molar-refractivity contribution < 1.29 is 9.53 Å². The third kappa shape index (κ3) is 4.98. The van der Waals surface area contributed by atoms with Crippen LogP contribution in [0.15, 0.2) is 71.2 Å². The lowest BCUT2D eigenvalue weighted by Gasteiger charge is -2.40. The van der Waals surface area contributed by atoms with Crippen LogP contribution in [0.5, 0.6) is 5.75 Å². The van der Waals surface area contributed by atoms with Crippen LogP contribution in [0.1, 0.15) is 58.6 Å². The van der Waals surface area contributed by atoms with E-state index in [1.165, 1.54) is 0 Å². The SMILES string of the molecule is Cc1ccc(N2C(N)=C(C#N)C(c3cc(COc4ccc(Cl)cc4C)c(C)cc3C)C3=C2CCCC3=O)cc1Cl. The fraction of sp³-hybridized carbons (Fsp3) is 0.273. The summed E-state index contributed by atoms with van der Waals surface area (Å²) < 4.78 is 6.18. The third-order valence-corrected chi connectivity index (χ3v) is 8.52. The molecule has 0 spiro atoms. The van der Waals surface area contributed by atoms with Gasteiger partial charge in [-0.3, -0.25) is 9.69 Å². The molecule has 1 aliphatic heterocycles. The second kappa shape index (κ2) is 11.0. The largest absolute Gasteiger partial charge is 0.489 e. The maximum Gasteiger partial charge on any atom is 0.161 e. The van der Waals surface area contributed by atoms with Gasteiger partial charge in [-0.25, -0.2) is 0 Å². The van der Waals surface area contributed by atoms with Gasteiger partial charge in [0.25, 0.3) is 0 Å². The number of nitriles is 1. The number of aryl methyl sites for hydroxylation is 4. The number of ketones is 1. The topological polar surface area (TPSA) is 79.3 Å². The van der Waals surface area contributed by atoms with Crippen LogP contribution in [0.3, 0.4) is 0 Å². The van der Waals surface area contributed by atoms with Crippen LogP contribution in [-0.4, -0.2) is 5.78 Å². The van der Waals surface area contributed by atoms with Crippen LogP contribution < -0.4 is 15.4 Å². The summed E-state index contributed by atoms with van der Waals surface area (Å²) >= 11 is 12.6. The van der Waals surface area contributed by atoms with Gasteiger partial charge in [0.2, 0.25) is 0 Å². The van der Waals surface area contributed by atoms with E-state index in [0.717, 1.165) is 56.9 Å². The Balaban J connectivity index is 1.62. The van der Waals surface area contributed by atoms with Gasteiger partial charge in [-0.2, -0.15) is 5.26 Å². The lowest BCUT2D eigenvalue weighted by molar-refractivity contribution is -0.116. The molecule has 5 rings (SSSR count). The highest BCUT2D eigenvalue weighted by Gasteiger charge is 2.41. The maximum atomic E-state index is 13.6. The fourth-order valence-electron chi connectivity index (χ4n) is 5.73. The summed E-state index contributed by atoms with van der Waals surface area (Å²) in [6.45, 7) is 8.28. The Labute approximate surface area is 245 Å². The number of allylic oxidation sites excluding steroid dienone is 3. The molecule has 1 aliphatic carbocycles. The van der Waals surface area contributed by atoms with Gasteiger partial charge in [-0.15, -0.1) is 0 Å². The lowest BCUT2D eigenvalue weighted by Crippen LogP contribution is -2.39. The highest BCUT2D eigenvalue weighted by atomic mass is 35.5. The van der Waals surface area contributed by atoms with E-state index in [-0.39, 0.29) is 5.78 Å². The number of halogens is 2. The minimum Gasteiger partial charge on any atom is -0.489 e. The van der Waals surface area contributed by atoms with Gasteiger partial charge in [0.1, 0.15) is 18.2 Å². The fourth-order valence-corrected chi connectivity index (χ4v) is 6.13. The quantitative estimate of drug-likeness (QED) is 0.334. The number of rotatable bonds is 5. The summed E-state index contributed by atoms with van der Waals surface area (Å²) in [4.78, 5) is 15.4. The second-order valence-electron chi connectivity index (χ2n) is 10.6. The zero-order chi connectivity index (χ0) is 28.7. The van der Waals surface area contributed by atoms with Crippen molar-refractivity contribution in [2.75, 3.05) is 4.90 Å². The normalized spacial score (nSPS) is 17.2. The Bertz CT molecular complexity index is 1650. The summed E-state index contributed by atoms with van der Waals surface area (Å²) in [5, 5.41) is 11.7. The van der Waals surface area contributed by atoms with Gasteiger partial charge in [0, 0.05) is 33.4 Å². The zero-order valence-corrected chi connectivity index (χ0v) is 24.6. The number of hydrogen-bond donors (Lipinski definition) is 1. The number of benzene rings is 3. The minimum atomic E-state index is -0.554. The van der Waals surface area contributed by atoms with Gasteiger partial charge in [-0.1, -0.05) is 41.4 Å². The average molecular weight is 573 g/mol. The van der Waals surface area contributed by atoms with E-state index in [4.69, 9.17) is 33.7 Å². The van der Waals surface area contributed by atoms with Crippen molar-refractivity contribution in [1.29, 1.82) is 5.26 Å². The number of hydrogen-bond acceptors (Lipinski definition) is 5. The lowest BCUT2D eigenvalue weighted by atomic mass is 9.74. The Morgan fingerprint density at radius 3 is 2.45 bits per heavy atom. The van der Waals surface area contributed by atoms with Crippen molar-refractivity contribution in [3.63, 3.8) is 0 Å². The molecule has 5 nitrogen and oxygen atoms in total. The monoisotopic (exact) mass is 571 g/mol. The predicted octanol–water partition coefficient (Wildman–Crippen LogP) is 8.11. The third-order valence-electron chi connectivity index (χ3n) is 7.88. The first-order valence-corrected chi connectivity index (χ1v) is 14.1. The molecule has 3 aromatic rings. The number of ether oxygens (including phenoxy) is 1. The molecule has 1 unspecified atom stereocenters. The molecule has 0 saturated carbocycles. The van der Waals surface area contributed by atoms with Crippen molar-refractivity contribution in [3.05, 3.63) is 115 Å². The van der Waals surface area contributed by atoms with Crippen molar-refractivity contribution in [2.45, 2.75) is 59.5 Å². The van der Waals surface area contributed by atoms with Crippen LogP contribution in [0.25, 0.3) is 0 Å². The van der Waals surface area contributed by atoms with Crippen LogP contribution in [0.4, 0.5) is 5.69 Å². The van der Waals surface area contributed by atoms with Crippen LogP contribution >= 0.6 is 23.2 Å². The summed E-state index contributed by atoms with van der Waals surface area (Å²) in [6.07, 6.45) is 1.84. The van der Waals surface area contributed by atoms with Crippen molar-refractivity contribution in [3.8, 4) is 11.8 Å². The molecule has 0 saturated heterocycles. The molecule has 7 heteroatoms. The maximum absolute atomic E-state index is 13.6. The molecule has 0 bridgehead atoms. The molecule has 0 amide bonds. The zero-order valence-electron chi connectivity index (χ0n) is 23.1. The first-order chi connectivity index (χ1) is 19.1. The molecule has 1 atom stereocenters. The highest BCUT2D eigenvalue weighted by Crippen LogP contribution is 2.47.